The molecule has 0 fully saturated rings. The van der Waals surface area contributed by atoms with Crippen LogP contribution < -0.4 is 10.6 Å². The van der Waals surface area contributed by atoms with Crippen LogP contribution >= 0.6 is 0 Å². The number of benzene rings is 2. The van der Waals surface area contributed by atoms with Crippen LogP contribution in [0, 0.1) is 5.41 Å². The van der Waals surface area contributed by atoms with Gasteiger partial charge >= 0.3 is 6.03 Å². The third-order valence-electron chi connectivity index (χ3n) is 5.53. The fourth-order valence-corrected chi connectivity index (χ4v) is 3.83. The maximum atomic E-state index is 12.4. The maximum absolute atomic E-state index is 12.4. The van der Waals surface area contributed by atoms with E-state index in [2.05, 4.69) is 31.4 Å². The molecule has 0 aliphatic rings. The second-order valence-electron chi connectivity index (χ2n) is 8.35. The highest BCUT2D eigenvalue weighted by Gasteiger charge is 2.34. The molecule has 0 radical (unpaired) electrons. The number of nitrogens with one attached hydrogen (secondary N) is 2. The molecule has 4 nitrogen and oxygen atoms in total. The zero-order chi connectivity index (χ0) is 21.3. The van der Waals surface area contributed by atoms with E-state index in [-0.39, 0.29) is 23.2 Å². The maximum Gasteiger partial charge on any atom is 0.315 e. The second-order valence-corrected chi connectivity index (χ2v) is 8.35. The Bertz CT molecular complexity index is 772. The van der Waals surface area contributed by atoms with Gasteiger partial charge in [0.25, 0.3) is 0 Å². The molecular weight excluding hydrogens is 360 g/mol. The molecule has 2 aromatic rings. The normalized spacial score (nSPS) is 12.4. The molecule has 29 heavy (non-hydrogen) atoms. The summed E-state index contributed by atoms with van der Waals surface area (Å²) >= 11 is 0. The van der Waals surface area contributed by atoms with Crippen LogP contribution in [-0.4, -0.2) is 17.7 Å². The molecule has 0 saturated carbocycles. The SMILES string of the molecule is CCCCCCC(C)(C)C(NC(=O)NCC)c1cccc(-c2ccccc2)c1O. The molecule has 2 aromatic carbocycles. The fraction of sp³-hybridized carbons (Fsp3) is 0.480. The van der Waals surface area contributed by atoms with Gasteiger partial charge in [-0.3, -0.25) is 0 Å². The van der Waals surface area contributed by atoms with Gasteiger partial charge in [-0.05, 0) is 24.3 Å². The first kappa shape index (κ1) is 22.8. The fourth-order valence-electron chi connectivity index (χ4n) is 3.83. The van der Waals surface area contributed by atoms with Crippen LogP contribution in [-0.2, 0) is 0 Å². The molecule has 0 aliphatic carbocycles. The largest absolute Gasteiger partial charge is 0.507 e. The molecule has 0 saturated heterocycles. The number of carbonyl (C=O) groups is 1. The first-order chi connectivity index (χ1) is 13.9. The van der Waals surface area contributed by atoms with Crippen molar-refractivity contribution in [2.75, 3.05) is 6.54 Å². The summed E-state index contributed by atoms with van der Waals surface area (Å²) in [5.41, 5.74) is 2.31. The number of urea groups is 1. The summed E-state index contributed by atoms with van der Waals surface area (Å²) in [6, 6.07) is 15.2. The van der Waals surface area contributed by atoms with Gasteiger partial charge in [0, 0.05) is 17.7 Å². The lowest BCUT2D eigenvalue weighted by Gasteiger charge is -2.36. The molecule has 0 bridgehead atoms. The van der Waals surface area contributed by atoms with Gasteiger partial charge in [-0.2, -0.15) is 0 Å². The highest BCUT2D eigenvalue weighted by molar-refractivity contribution is 5.76. The van der Waals surface area contributed by atoms with Gasteiger partial charge in [0.15, 0.2) is 0 Å². The highest BCUT2D eigenvalue weighted by Crippen LogP contribution is 2.44. The quantitative estimate of drug-likeness (QED) is 0.406. The predicted molar refractivity (Wildman–Crippen MR) is 121 cm³/mol. The first-order valence-electron chi connectivity index (χ1n) is 10.8. The molecule has 158 valence electrons. The first-order valence-corrected chi connectivity index (χ1v) is 10.8. The zero-order valence-electron chi connectivity index (χ0n) is 18.3. The number of hydrogen-bond donors (Lipinski definition) is 3. The van der Waals surface area contributed by atoms with Crippen LogP contribution in [0.3, 0.4) is 0 Å². The van der Waals surface area contributed by atoms with Gasteiger partial charge in [-0.15, -0.1) is 0 Å². The van der Waals surface area contributed by atoms with Gasteiger partial charge in [0.05, 0.1) is 6.04 Å². The van der Waals surface area contributed by atoms with E-state index in [0.717, 1.165) is 29.5 Å². The topological polar surface area (TPSA) is 61.4 Å². The number of unbranched alkanes of at least 4 members (excludes halogenated alkanes) is 3. The number of amides is 2. The van der Waals surface area contributed by atoms with E-state index in [1.165, 1.54) is 19.3 Å². The minimum Gasteiger partial charge on any atom is -0.507 e. The molecule has 1 atom stereocenters. The Balaban J connectivity index is 2.39. The Morgan fingerprint density at radius 2 is 1.72 bits per heavy atom. The standard InChI is InChI=1S/C25H36N2O2/c1-5-7-8-12-18-25(3,4)23(27-24(29)26-6-2)21-17-13-16-20(22(21)28)19-14-10-9-11-15-19/h9-11,13-17,23,28H,5-8,12,18H2,1-4H3,(H2,26,27,29). The van der Waals surface area contributed by atoms with Crippen LogP contribution in [0.4, 0.5) is 4.79 Å². The van der Waals surface area contributed by atoms with Crippen LogP contribution in [0.25, 0.3) is 11.1 Å². The molecule has 0 spiro atoms. The molecular formula is C25H36N2O2. The lowest BCUT2D eigenvalue weighted by Crippen LogP contribution is -2.43. The van der Waals surface area contributed by atoms with Crippen LogP contribution in [0.2, 0.25) is 0 Å². The Morgan fingerprint density at radius 3 is 2.38 bits per heavy atom. The smallest absolute Gasteiger partial charge is 0.315 e. The van der Waals surface area contributed by atoms with Crippen molar-refractivity contribution in [2.24, 2.45) is 5.41 Å². The monoisotopic (exact) mass is 396 g/mol. The van der Waals surface area contributed by atoms with E-state index in [0.29, 0.717) is 6.54 Å². The average molecular weight is 397 g/mol. The lowest BCUT2D eigenvalue weighted by molar-refractivity contribution is 0.198. The Morgan fingerprint density at radius 1 is 1.00 bits per heavy atom. The van der Waals surface area contributed by atoms with Crippen molar-refractivity contribution in [3.63, 3.8) is 0 Å². The number of phenols is 1. The van der Waals surface area contributed by atoms with Crippen molar-refractivity contribution in [3.05, 3.63) is 54.1 Å². The summed E-state index contributed by atoms with van der Waals surface area (Å²) in [6.45, 7) is 9.01. The summed E-state index contributed by atoms with van der Waals surface area (Å²) in [5, 5.41) is 17.1. The summed E-state index contributed by atoms with van der Waals surface area (Å²) in [4.78, 5) is 12.4. The second kappa shape index (κ2) is 10.9. The Kier molecular flexibility index (Phi) is 8.56. The van der Waals surface area contributed by atoms with Gasteiger partial charge < -0.3 is 15.7 Å². The predicted octanol–water partition coefficient (Wildman–Crippen LogP) is 6.42. The van der Waals surface area contributed by atoms with E-state index in [1.807, 2.05) is 55.5 Å². The summed E-state index contributed by atoms with van der Waals surface area (Å²) in [6.07, 6.45) is 5.68. The van der Waals surface area contributed by atoms with Crippen LogP contribution in [0.5, 0.6) is 5.75 Å². The zero-order valence-corrected chi connectivity index (χ0v) is 18.3. The third-order valence-corrected chi connectivity index (χ3v) is 5.53. The number of rotatable bonds is 10. The van der Waals surface area contributed by atoms with E-state index in [9.17, 15) is 9.90 Å². The molecule has 0 heterocycles. The molecule has 3 N–H and O–H groups in total. The van der Waals surface area contributed by atoms with E-state index >= 15 is 0 Å². The molecule has 1 unspecified atom stereocenters. The van der Waals surface area contributed by atoms with E-state index in [1.54, 1.807) is 0 Å². The average Bonchev–Trinajstić information content (AvgIpc) is 2.71. The van der Waals surface area contributed by atoms with Gasteiger partial charge in [-0.1, -0.05) is 95.0 Å². The molecule has 2 rings (SSSR count). The Hall–Kier alpha value is -2.49. The molecule has 0 aromatic heterocycles. The number of phenolic OH excluding ortho intramolecular Hbond substituents is 1. The van der Waals surface area contributed by atoms with E-state index < -0.39 is 0 Å². The Labute approximate surface area is 175 Å². The lowest BCUT2D eigenvalue weighted by atomic mass is 9.75. The summed E-state index contributed by atoms with van der Waals surface area (Å²) in [7, 11) is 0. The summed E-state index contributed by atoms with van der Waals surface area (Å²) in [5.74, 6) is 0.238. The van der Waals surface area contributed by atoms with Crippen molar-refractivity contribution < 1.29 is 9.90 Å². The van der Waals surface area contributed by atoms with Crippen molar-refractivity contribution in [1.82, 2.24) is 10.6 Å². The minimum absolute atomic E-state index is 0.203. The number of hydrogen-bond acceptors (Lipinski definition) is 2. The van der Waals surface area contributed by atoms with Crippen molar-refractivity contribution in [1.29, 1.82) is 0 Å². The molecule has 4 heteroatoms. The minimum atomic E-state index is -0.292. The van der Waals surface area contributed by atoms with Crippen LogP contribution in [0.1, 0.15) is 71.4 Å². The number of aromatic hydroxyl groups is 1. The number of para-hydroxylation sites is 1. The third kappa shape index (κ3) is 6.25. The van der Waals surface area contributed by atoms with Crippen molar-refractivity contribution in [3.8, 4) is 16.9 Å². The van der Waals surface area contributed by atoms with Gasteiger partial charge in [0.2, 0.25) is 0 Å². The summed E-state index contributed by atoms with van der Waals surface area (Å²) < 4.78 is 0. The van der Waals surface area contributed by atoms with Crippen molar-refractivity contribution >= 4 is 6.03 Å². The van der Waals surface area contributed by atoms with Gasteiger partial charge in [-0.25, -0.2) is 4.79 Å². The number of carbonyl (C=O) groups excluding carboxylic acids is 1. The molecule has 2 amide bonds. The highest BCUT2D eigenvalue weighted by atomic mass is 16.3. The molecule has 0 aliphatic heterocycles. The van der Waals surface area contributed by atoms with E-state index in [4.69, 9.17) is 0 Å². The van der Waals surface area contributed by atoms with Crippen LogP contribution in [0.15, 0.2) is 48.5 Å². The van der Waals surface area contributed by atoms with Gasteiger partial charge in [0.1, 0.15) is 5.75 Å². The van der Waals surface area contributed by atoms with Crippen molar-refractivity contribution in [2.45, 2.75) is 65.8 Å².